The van der Waals surface area contributed by atoms with E-state index in [9.17, 15) is 19.5 Å². The lowest BCUT2D eigenvalue weighted by Gasteiger charge is -2.50. The standard InChI is InChI=1S/C21H18ClN7O5S2/c1-34-26-13(12-16(22)36-21(23)25-12)17(30)24-14-18(31)29-15(20(32)33)10(9-35-19(14)29)8-27-7-5-11-4-2-3-6-28(11)27/h2-7,14,19H,8-9H2,1H3,(H3-,23,24,25,30,32,33)/b26-13-/t14-,19-/m1/s1. The molecule has 2 aliphatic rings. The van der Waals surface area contributed by atoms with Gasteiger partial charge in [-0.3, -0.25) is 14.5 Å². The number of oxime groups is 1. The van der Waals surface area contributed by atoms with E-state index in [-0.39, 0.29) is 33.1 Å². The fourth-order valence-electron chi connectivity index (χ4n) is 4.12. The van der Waals surface area contributed by atoms with Gasteiger partial charge in [0, 0.05) is 17.4 Å². The Hall–Kier alpha value is -3.62. The lowest BCUT2D eigenvalue weighted by Crippen LogP contribution is -2.71. The summed E-state index contributed by atoms with van der Waals surface area (Å²) in [5, 5.41) is 17.9. The zero-order chi connectivity index (χ0) is 25.6. The van der Waals surface area contributed by atoms with Crippen molar-refractivity contribution in [2.24, 2.45) is 5.16 Å². The Morgan fingerprint density at radius 1 is 1.42 bits per heavy atom. The number of amides is 2. The third kappa shape index (κ3) is 4.06. The van der Waals surface area contributed by atoms with Gasteiger partial charge in [-0.1, -0.05) is 34.2 Å². The van der Waals surface area contributed by atoms with Crippen molar-refractivity contribution in [1.82, 2.24) is 19.7 Å². The van der Waals surface area contributed by atoms with Crippen LogP contribution in [0.1, 0.15) is 5.69 Å². The first kappa shape index (κ1) is 24.1. The molecule has 3 N–H and O–H groups in total. The molecule has 0 spiro atoms. The summed E-state index contributed by atoms with van der Waals surface area (Å²) in [7, 11) is 1.24. The molecule has 0 unspecified atom stereocenters. The smallest absolute Gasteiger partial charge is 0.276 e. The Balaban J connectivity index is 1.38. The molecule has 36 heavy (non-hydrogen) atoms. The Morgan fingerprint density at radius 3 is 2.92 bits per heavy atom. The van der Waals surface area contributed by atoms with Gasteiger partial charge in [-0.15, -0.1) is 21.0 Å². The summed E-state index contributed by atoms with van der Waals surface area (Å²) in [6.45, 7) is 0.246. The van der Waals surface area contributed by atoms with Crippen molar-refractivity contribution in [3.8, 4) is 0 Å². The first-order valence-corrected chi connectivity index (χ1v) is 12.7. The van der Waals surface area contributed by atoms with Crippen LogP contribution in [0.4, 0.5) is 5.13 Å². The number of nitrogens with zero attached hydrogens (tertiary/aromatic N) is 5. The van der Waals surface area contributed by atoms with E-state index in [1.165, 1.54) is 18.9 Å². The average Bonchev–Trinajstić information content (AvgIpc) is 3.42. The second-order valence-corrected chi connectivity index (χ2v) is 10.5. The van der Waals surface area contributed by atoms with Gasteiger partial charge in [-0.2, -0.15) is 0 Å². The number of aliphatic carboxylic acids is 1. The van der Waals surface area contributed by atoms with E-state index in [0.29, 0.717) is 11.3 Å². The minimum Gasteiger partial charge on any atom is -0.543 e. The zero-order valence-electron chi connectivity index (χ0n) is 18.6. The minimum absolute atomic E-state index is 0.0208. The Bertz CT molecular complexity index is 1470. The summed E-state index contributed by atoms with van der Waals surface area (Å²) >= 11 is 8.40. The highest BCUT2D eigenvalue weighted by Crippen LogP contribution is 2.40. The average molecular weight is 548 g/mol. The number of thiazole rings is 1. The van der Waals surface area contributed by atoms with E-state index in [2.05, 4.69) is 15.5 Å². The molecule has 3 aromatic rings. The van der Waals surface area contributed by atoms with Crippen LogP contribution < -0.4 is 20.8 Å². The van der Waals surface area contributed by atoms with Gasteiger partial charge in [0.05, 0.1) is 17.9 Å². The maximum absolute atomic E-state index is 13.0. The fourth-order valence-corrected chi connectivity index (χ4v) is 6.39. The van der Waals surface area contributed by atoms with E-state index in [1.54, 1.807) is 0 Å². The van der Waals surface area contributed by atoms with Crippen LogP contribution in [-0.4, -0.2) is 62.2 Å². The third-order valence-corrected chi connectivity index (χ3v) is 8.09. The molecule has 12 nitrogen and oxygen atoms in total. The van der Waals surface area contributed by atoms with Crippen molar-refractivity contribution < 1.29 is 29.0 Å². The summed E-state index contributed by atoms with van der Waals surface area (Å²) in [6, 6.07) is 6.61. The first-order chi connectivity index (χ1) is 17.3. The van der Waals surface area contributed by atoms with E-state index < -0.39 is 29.2 Å². The molecule has 5 rings (SSSR count). The molecular formula is C21H18ClN7O5S2. The monoisotopic (exact) mass is 547 g/mol. The number of carboxylic acid groups (broad SMARTS) is 1. The fraction of sp³-hybridized carbons (Fsp3) is 0.238. The molecule has 0 aliphatic carbocycles. The zero-order valence-corrected chi connectivity index (χ0v) is 21.0. The van der Waals surface area contributed by atoms with Crippen LogP contribution in [0.5, 0.6) is 0 Å². The SMILES string of the molecule is CO/N=C(\C(=O)N[C@@H]1C(=O)N2C(C(=O)[O-])=C(C[n+]3ccc4ccccn43)CS[C@H]12)c1nc(N)sc1Cl. The van der Waals surface area contributed by atoms with Gasteiger partial charge in [-0.05, 0) is 12.1 Å². The number of pyridine rings is 1. The lowest BCUT2D eigenvalue weighted by molar-refractivity contribution is -0.753. The highest BCUT2D eigenvalue weighted by atomic mass is 35.5. The first-order valence-electron chi connectivity index (χ1n) is 10.5. The molecule has 186 valence electrons. The number of nitrogens with two attached hydrogens (primary N) is 1. The number of β-lactam (4-membered cyclic amide) rings is 1. The van der Waals surface area contributed by atoms with Gasteiger partial charge >= 0.3 is 0 Å². The largest absolute Gasteiger partial charge is 0.543 e. The van der Waals surface area contributed by atoms with Gasteiger partial charge < -0.3 is 25.8 Å². The maximum Gasteiger partial charge on any atom is 0.276 e. The maximum atomic E-state index is 13.0. The molecule has 0 aromatic carbocycles. The number of thioether (sulfide) groups is 1. The van der Waals surface area contributed by atoms with Crippen LogP contribution in [0.15, 0.2) is 53.1 Å². The molecule has 2 atom stereocenters. The van der Waals surface area contributed by atoms with E-state index in [0.717, 1.165) is 21.8 Å². The van der Waals surface area contributed by atoms with Gasteiger partial charge in [0.1, 0.15) is 34.1 Å². The second kappa shape index (κ2) is 9.44. The van der Waals surface area contributed by atoms with E-state index >= 15 is 0 Å². The number of fused-ring (bicyclic) bond motifs is 2. The Kier molecular flexibility index (Phi) is 6.32. The highest BCUT2D eigenvalue weighted by Gasteiger charge is 2.53. The van der Waals surface area contributed by atoms with Gasteiger partial charge in [-0.25, -0.2) is 4.98 Å². The molecule has 2 aliphatic heterocycles. The predicted molar refractivity (Wildman–Crippen MR) is 130 cm³/mol. The summed E-state index contributed by atoms with van der Waals surface area (Å²) in [5.41, 5.74) is 6.70. The summed E-state index contributed by atoms with van der Waals surface area (Å²) in [6.07, 6.45) is 3.69. The van der Waals surface area contributed by atoms with Crippen LogP contribution in [0.2, 0.25) is 4.34 Å². The van der Waals surface area contributed by atoms with Crippen LogP contribution in [0, 0.1) is 0 Å². The molecule has 5 heterocycles. The van der Waals surface area contributed by atoms with Crippen molar-refractivity contribution in [2.75, 3.05) is 18.6 Å². The number of nitrogen functional groups attached to an aromatic ring is 1. The van der Waals surface area contributed by atoms with Gasteiger partial charge in [0.2, 0.25) is 0 Å². The molecule has 0 radical (unpaired) electrons. The normalized spacial score (nSPS) is 19.8. The molecule has 1 fully saturated rings. The van der Waals surface area contributed by atoms with Crippen LogP contribution in [0.25, 0.3) is 5.52 Å². The number of anilines is 1. The molecule has 2 amide bonds. The Labute approximate surface area is 216 Å². The minimum atomic E-state index is -1.46. The van der Waals surface area contributed by atoms with Crippen molar-refractivity contribution >= 4 is 68.8 Å². The van der Waals surface area contributed by atoms with Crippen molar-refractivity contribution in [2.45, 2.75) is 18.0 Å². The van der Waals surface area contributed by atoms with Crippen molar-refractivity contribution in [3.63, 3.8) is 0 Å². The van der Waals surface area contributed by atoms with E-state index in [4.69, 9.17) is 22.2 Å². The quantitative estimate of drug-likeness (QED) is 0.171. The number of carboxylic acids is 1. The predicted octanol–water partition coefficient (Wildman–Crippen LogP) is -0.626. The highest BCUT2D eigenvalue weighted by molar-refractivity contribution is 8.00. The second-order valence-electron chi connectivity index (χ2n) is 7.78. The number of nitrogens with one attached hydrogen (secondary N) is 1. The molecular weight excluding hydrogens is 530 g/mol. The molecule has 0 bridgehead atoms. The topological polar surface area (TPSA) is 158 Å². The number of hydrogen-bond donors (Lipinski definition) is 2. The molecule has 15 heteroatoms. The van der Waals surface area contributed by atoms with Crippen LogP contribution in [0.3, 0.4) is 0 Å². The van der Waals surface area contributed by atoms with Gasteiger partial charge in [0.25, 0.3) is 11.8 Å². The van der Waals surface area contributed by atoms with E-state index in [1.807, 2.05) is 45.9 Å². The molecule has 0 saturated carbocycles. The number of carbonyl (C=O) groups excluding carboxylic acids is 3. The molecule has 3 aromatic heterocycles. The number of hydrogen-bond acceptors (Lipinski definition) is 10. The summed E-state index contributed by atoms with van der Waals surface area (Å²) < 4.78 is 3.86. The van der Waals surface area contributed by atoms with Crippen molar-refractivity contribution in [3.05, 3.63) is 58.0 Å². The number of carbonyl (C=O) groups is 3. The molecule has 1 saturated heterocycles. The number of rotatable bonds is 7. The van der Waals surface area contributed by atoms with Crippen molar-refractivity contribution in [1.29, 1.82) is 0 Å². The number of aromatic nitrogens is 3. The Morgan fingerprint density at radius 2 is 2.22 bits per heavy atom. The summed E-state index contributed by atoms with van der Waals surface area (Å²) in [5.74, 6) is -2.48. The van der Waals surface area contributed by atoms with Crippen LogP contribution >= 0.6 is 34.7 Å². The van der Waals surface area contributed by atoms with Crippen LogP contribution in [-0.2, 0) is 25.8 Å². The van der Waals surface area contributed by atoms with Gasteiger partial charge in [0.15, 0.2) is 23.6 Å². The summed E-state index contributed by atoms with van der Waals surface area (Å²) in [4.78, 5) is 48.0. The third-order valence-electron chi connectivity index (χ3n) is 5.67. The lowest BCUT2D eigenvalue weighted by atomic mass is 10.0. The number of halogens is 1.